The Morgan fingerprint density at radius 1 is 1.41 bits per heavy atom. The molecule has 0 atom stereocenters. The van der Waals surface area contributed by atoms with Gasteiger partial charge in [0.1, 0.15) is 0 Å². The van der Waals surface area contributed by atoms with E-state index in [0.29, 0.717) is 6.04 Å². The van der Waals surface area contributed by atoms with E-state index in [1.54, 1.807) is 0 Å². The number of aromatic nitrogens is 4. The van der Waals surface area contributed by atoms with Gasteiger partial charge in [-0.25, -0.2) is 4.98 Å². The zero-order chi connectivity index (χ0) is 15.7. The summed E-state index contributed by atoms with van der Waals surface area (Å²) in [6.07, 6.45) is 4.89. The van der Waals surface area contributed by atoms with E-state index < -0.39 is 0 Å². The third-order valence-corrected chi connectivity index (χ3v) is 4.68. The van der Waals surface area contributed by atoms with E-state index in [2.05, 4.69) is 50.4 Å². The Morgan fingerprint density at radius 2 is 2.23 bits per heavy atom. The number of nitrogens with one attached hydrogen (secondary N) is 1. The summed E-state index contributed by atoms with van der Waals surface area (Å²) < 4.78 is 2.09. The number of nitrogens with zero attached hydrogens (tertiary/aromatic N) is 5. The molecule has 0 saturated carbocycles. The van der Waals surface area contributed by atoms with Crippen LogP contribution in [0.15, 0.2) is 12.5 Å². The Bertz CT molecular complexity index is 626. The number of fused-ring (bicyclic) bond motifs is 1. The third-order valence-electron chi connectivity index (χ3n) is 4.68. The first kappa shape index (κ1) is 15.2. The molecule has 1 aliphatic heterocycles. The first-order valence-electron chi connectivity index (χ1n) is 7.97. The molecule has 0 unspecified atom stereocenters. The number of rotatable bonds is 5. The predicted molar refractivity (Wildman–Crippen MR) is 86.2 cm³/mol. The van der Waals surface area contributed by atoms with Gasteiger partial charge in [-0.1, -0.05) is 0 Å². The van der Waals surface area contributed by atoms with Gasteiger partial charge in [0.2, 0.25) is 0 Å². The van der Waals surface area contributed by atoms with Crippen LogP contribution in [0.4, 0.5) is 0 Å². The van der Waals surface area contributed by atoms with Crippen LogP contribution in [-0.2, 0) is 33.1 Å². The molecule has 0 bridgehead atoms. The highest BCUT2D eigenvalue weighted by Crippen LogP contribution is 2.22. The van der Waals surface area contributed by atoms with Crippen molar-refractivity contribution in [2.45, 2.75) is 45.9 Å². The highest BCUT2D eigenvalue weighted by atomic mass is 15.2. The van der Waals surface area contributed by atoms with Crippen molar-refractivity contribution in [3.63, 3.8) is 0 Å². The summed E-state index contributed by atoms with van der Waals surface area (Å²) in [4.78, 5) is 8.98. The van der Waals surface area contributed by atoms with Crippen molar-refractivity contribution in [3.8, 4) is 0 Å². The maximum absolute atomic E-state index is 4.56. The van der Waals surface area contributed by atoms with E-state index in [0.717, 1.165) is 32.6 Å². The second kappa shape index (κ2) is 6.22. The summed E-state index contributed by atoms with van der Waals surface area (Å²) in [6, 6.07) is 0.539. The smallest absolute Gasteiger partial charge is 0.0945 e. The van der Waals surface area contributed by atoms with Crippen molar-refractivity contribution >= 4 is 0 Å². The maximum Gasteiger partial charge on any atom is 0.0945 e. The molecule has 3 rings (SSSR count). The lowest BCUT2D eigenvalue weighted by molar-refractivity contribution is 0.235. The summed E-state index contributed by atoms with van der Waals surface area (Å²) in [7, 11) is 4.21. The molecule has 6 heteroatoms. The maximum atomic E-state index is 4.56. The van der Waals surface area contributed by atoms with Gasteiger partial charge < -0.3 is 4.57 Å². The van der Waals surface area contributed by atoms with Crippen LogP contribution >= 0.6 is 0 Å². The molecule has 0 spiro atoms. The van der Waals surface area contributed by atoms with Crippen LogP contribution in [0.5, 0.6) is 0 Å². The fraction of sp³-hybridized carbons (Fsp3) is 0.625. The molecule has 0 radical (unpaired) electrons. The largest absolute Gasteiger partial charge is 0.337 e. The number of hydrogen-bond acceptors (Lipinski definition) is 4. The monoisotopic (exact) mass is 302 g/mol. The fourth-order valence-corrected chi connectivity index (χ4v) is 2.89. The Kier molecular flexibility index (Phi) is 4.31. The predicted octanol–water partition coefficient (Wildman–Crippen LogP) is 1.54. The van der Waals surface area contributed by atoms with Gasteiger partial charge in [-0.2, -0.15) is 5.10 Å². The summed E-state index contributed by atoms with van der Waals surface area (Å²) in [5, 5.41) is 7.81. The number of hydrogen-bond donors (Lipinski definition) is 1. The Morgan fingerprint density at radius 3 is 2.91 bits per heavy atom. The summed E-state index contributed by atoms with van der Waals surface area (Å²) in [5.41, 5.74) is 5.17. The van der Waals surface area contributed by atoms with Gasteiger partial charge in [0, 0.05) is 51.0 Å². The van der Waals surface area contributed by atoms with Crippen molar-refractivity contribution in [3.05, 3.63) is 35.2 Å². The van der Waals surface area contributed by atoms with Crippen LogP contribution in [-0.4, -0.2) is 49.2 Å². The van der Waals surface area contributed by atoms with Gasteiger partial charge in [0.25, 0.3) is 0 Å². The lowest BCUT2D eigenvalue weighted by Gasteiger charge is -2.27. The first-order chi connectivity index (χ1) is 10.5. The Balaban J connectivity index is 1.67. The SMILES string of the molecule is CC(C)N(C)Cc1n[nH]c2c1CCN(Cc1cncn1C)C2. The molecule has 2 aromatic rings. The quantitative estimate of drug-likeness (QED) is 0.910. The molecule has 0 saturated heterocycles. The van der Waals surface area contributed by atoms with Crippen molar-refractivity contribution < 1.29 is 0 Å². The van der Waals surface area contributed by atoms with Crippen molar-refractivity contribution in [1.29, 1.82) is 0 Å². The molecule has 2 aromatic heterocycles. The van der Waals surface area contributed by atoms with E-state index in [9.17, 15) is 0 Å². The second-order valence-electron chi connectivity index (χ2n) is 6.59. The minimum absolute atomic E-state index is 0.539. The van der Waals surface area contributed by atoms with Crippen LogP contribution in [0.3, 0.4) is 0 Å². The number of imidazole rings is 1. The van der Waals surface area contributed by atoms with E-state index >= 15 is 0 Å². The molecular formula is C16H26N6. The molecule has 0 fully saturated rings. The summed E-state index contributed by atoms with van der Waals surface area (Å²) in [6.45, 7) is 8.32. The van der Waals surface area contributed by atoms with Crippen LogP contribution in [0.1, 0.15) is 36.5 Å². The molecule has 3 heterocycles. The van der Waals surface area contributed by atoms with Crippen LogP contribution in [0.2, 0.25) is 0 Å². The first-order valence-corrected chi connectivity index (χ1v) is 7.97. The van der Waals surface area contributed by atoms with Crippen molar-refractivity contribution in [2.75, 3.05) is 13.6 Å². The van der Waals surface area contributed by atoms with Crippen molar-refractivity contribution in [2.24, 2.45) is 7.05 Å². The molecule has 0 aromatic carbocycles. The van der Waals surface area contributed by atoms with Crippen LogP contribution < -0.4 is 0 Å². The average molecular weight is 302 g/mol. The molecule has 1 N–H and O–H groups in total. The molecule has 0 aliphatic carbocycles. The Hall–Kier alpha value is -1.66. The molecule has 1 aliphatic rings. The fourth-order valence-electron chi connectivity index (χ4n) is 2.89. The summed E-state index contributed by atoms with van der Waals surface area (Å²) in [5.74, 6) is 0. The highest BCUT2D eigenvalue weighted by molar-refractivity contribution is 5.28. The second-order valence-corrected chi connectivity index (χ2v) is 6.59. The van der Waals surface area contributed by atoms with Crippen molar-refractivity contribution in [1.82, 2.24) is 29.5 Å². The van der Waals surface area contributed by atoms with E-state index in [1.807, 2.05) is 19.6 Å². The standard InChI is InChI=1S/C16H26N6/c1-12(2)20(3)9-15-14-5-6-22(10-16(14)19-18-15)8-13-7-17-11-21(13)4/h7,11-12H,5-6,8-10H2,1-4H3,(H,18,19). The van der Waals surface area contributed by atoms with Gasteiger partial charge in [-0.05, 0) is 27.3 Å². The molecule has 22 heavy (non-hydrogen) atoms. The van der Waals surface area contributed by atoms with Crippen LogP contribution in [0.25, 0.3) is 0 Å². The van der Waals surface area contributed by atoms with Gasteiger partial charge in [0.15, 0.2) is 0 Å². The lowest BCUT2D eigenvalue weighted by Crippen LogP contribution is -2.31. The zero-order valence-corrected chi connectivity index (χ0v) is 14.0. The zero-order valence-electron chi connectivity index (χ0n) is 14.0. The summed E-state index contributed by atoms with van der Waals surface area (Å²) >= 11 is 0. The van der Waals surface area contributed by atoms with Gasteiger partial charge in [-0.3, -0.25) is 14.9 Å². The lowest BCUT2D eigenvalue weighted by atomic mass is 10.0. The van der Waals surface area contributed by atoms with E-state index in [1.165, 1.54) is 22.6 Å². The normalized spacial score (nSPS) is 15.7. The van der Waals surface area contributed by atoms with Gasteiger partial charge in [0.05, 0.1) is 23.4 Å². The molecule has 6 nitrogen and oxygen atoms in total. The minimum atomic E-state index is 0.539. The number of aryl methyl sites for hydroxylation is 1. The number of H-pyrrole nitrogens is 1. The number of aromatic amines is 1. The van der Waals surface area contributed by atoms with Gasteiger partial charge >= 0.3 is 0 Å². The minimum Gasteiger partial charge on any atom is -0.337 e. The molecule has 120 valence electrons. The Labute approximate surface area is 132 Å². The van der Waals surface area contributed by atoms with E-state index in [4.69, 9.17) is 0 Å². The third kappa shape index (κ3) is 3.08. The van der Waals surface area contributed by atoms with E-state index in [-0.39, 0.29) is 0 Å². The average Bonchev–Trinajstić information content (AvgIpc) is 3.06. The molecular weight excluding hydrogens is 276 g/mol. The van der Waals surface area contributed by atoms with Crippen LogP contribution in [0, 0.1) is 0 Å². The van der Waals surface area contributed by atoms with Gasteiger partial charge in [-0.15, -0.1) is 0 Å². The highest BCUT2D eigenvalue weighted by Gasteiger charge is 2.23. The molecule has 0 amide bonds. The topological polar surface area (TPSA) is 53.0 Å².